The molecule has 0 aromatic heterocycles. The number of hydrogen-bond acceptors (Lipinski definition) is 3. The van der Waals surface area contributed by atoms with E-state index < -0.39 is 6.04 Å². The number of esters is 1. The summed E-state index contributed by atoms with van der Waals surface area (Å²) in [6, 6.07) is 8.98. The molecule has 3 nitrogen and oxygen atoms in total. The summed E-state index contributed by atoms with van der Waals surface area (Å²) in [6.07, 6.45) is 2.19. The number of carbonyl (C=O) groups excluding carboxylic acids is 1. The molecule has 2 rings (SSSR count). The van der Waals surface area contributed by atoms with Gasteiger partial charge < -0.3 is 4.74 Å². The zero-order valence-corrected chi connectivity index (χ0v) is 8.22. The molecule has 0 saturated carbocycles. The highest BCUT2D eigenvalue weighted by molar-refractivity contribution is 6.06. The predicted molar refractivity (Wildman–Crippen MR) is 57.7 cm³/mol. The third-order valence-corrected chi connectivity index (χ3v) is 2.15. The fourth-order valence-electron chi connectivity index (χ4n) is 1.40. The van der Waals surface area contributed by atoms with Gasteiger partial charge in [0.2, 0.25) is 5.90 Å². The molecule has 0 N–H and O–H groups in total. The maximum absolute atomic E-state index is 11.4. The van der Waals surface area contributed by atoms with Crippen LogP contribution in [-0.4, -0.2) is 17.9 Å². The van der Waals surface area contributed by atoms with Crippen molar-refractivity contribution in [3.63, 3.8) is 0 Å². The Hall–Kier alpha value is -1.90. The van der Waals surface area contributed by atoms with Gasteiger partial charge in [-0.15, -0.1) is 6.58 Å². The number of hydrogen-bond donors (Lipinski definition) is 0. The third-order valence-electron chi connectivity index (χ3n) is 2.15. The van der Waals surface area contributed by atoms with Gasteiger partial charge in [-0.3, -0.25) is 0 Å². The molecule has 0 amide bonds. The summed E-state index contributed by atoms with van der Waals surface area (Å²) in [5, 5.41) is 0. The van der Waals surface area contributed by atoms with E-state index in [1.165, 1.54) is 0 Å². The van der Waals surface area contributed by atoms with E-state index in [-0.39, 0.29) is 5.97 Å². The summed E-state index contributed by atoms with van der Waals surface area (Å²) < 4.78 is 5.08. The highest BCUT2D eigenvalue weighted by atomic mass is 16.6. The quantitative estimate of drug-likeness (QED) is 0.553. The fourth-order valence-corrected chi connectivity index (χ4v) is 1.40. The highest BCUT2D eigenvalue weighted by Crippen LogP contribution is 2.15. The summed E-state index contributed by atoms with van der Waals surface area (Å²) in [7, 11) is 0. The van der Waals surface area contributed by atoms with Crippen molar-refractivity contribution in [1.82, 2.24) is 0 Å². The monoisotopic (exact) mass is 201 g/mol. The smallest absolute Gasteiger partial charge is 0.338 e. The number of benzene rings is 1. The Morgan fingerprint density at radius 1 is 1.40 bits per heavy atom. The third kappa shape index (κ3) is 1.96. The zero-order valence-electron chi connectivity index (χ0n) is 8.22. The molecule has 1 aliphatic rings. The Morgan fingerprint density at radius 3 is 2.80 bits per heavy atom. The van der Waals surface area contributed by atoms with E-state index in [1.54, 1.807) is 6.08 Å². The van der Waals surface area contributed by atoms with Gasteiger partial charge in [0.1, 0.15) is 0 Å². The van der Waals surface area contributed by atoms with Gasteiger partial charge in [0.25, 0.3) is 0 Å². The molecule has 1 aromatic rings. The van der Waals surface area contributed by atoms with E-state index in [4.69, 9.17) is 4.74 Å². The summed E-state index contributed by atoms with van der Waals surface area (Å²) in [5.41, 5.74) is 0.831. The summed E-state index contributed by atoms with van der Waals surface area (Å²) in [4.78, 5) is 15.6. The van der Waals surface area contributed by atoms with Crippen molar-refractivity contribution < 1.29 is 9.53 Å². The highest BCUT2D eigenvalue weighted by Gasteiger charge is 2.28. The Balaban J connectivity index is 2.22. The van der Waals surface area contributed by atoms with Crippen LogP contribution >= 0.6 is 0 Å². The Morgan fingerprint density at radius 2 is 2.13 bits per heavy atom. The van der Waals surface area contributed by atoms with Crippen molar-refractivity contribution in [2.24, 2.45) is 4.99 Å². The Labute approximate surface area is 88.1 Å². The van der Waals surface area contributed by atoms with Gasteiger partial charge in [-0.05, 0) is 18.6 Å². The van der Waals surface area contributed by atoms with E-state index in [0.29, 0.717) is 12.3 Å². The average Bonchev–Trinajstić information content (AvgIpc) is 2.63. The fraction of sp³-hybridized carbons (Fsp3) is 0.167. The maximum Gasteiger partial charge on any atom is 0.338 e. The topological polar surface area (TPSA) is 38.7 Å². The Kier molecular flexibility index (Phi) is 2.63. The van der Waals surface area contributed by atoms with Gasteiger partial charge in [-0.1, -0.05) is 24.3 Å². The number of aliphatic imine (C=N–C) groups is 1. The first kappa shape index (κ1) is 9.65. The molecule has 0 saturated heterocycles. The summed E-state index contributed by atoms with van der Waals surface area (Å²) >= 11 is 0. The van der Waals surface area contributed by atoms with Crippen molar-refractivity contribution in [3.8, 4) is 0 Å². The van der Waals surface area contributed by atoms with Crippen LogP contribution in [0.15, 0.2) is 48.0 Å². The van der Waals surface area contributed by atoms with Crippen molar-refractivity contribution >= 4 is 11.9 Å². The lowest BCUT2D eigenvalue weighted by Gasteiger charge is -1.97. The van der Waals surface area contributed by atoms with E-state index >= 15 is 0 Å². The molecule has 1 heterocycles. The number of cyclic esters (lactones) is 1. The number of rotatable bonds is 3. The van der Waals surface area contributed by atoms with Crippen LogP contribution in [0.5, 0.6) is 0 Å². The van der Waals surface area contributed by atoms with Gasteiger partial charge >= 0.3 is 5.97 Å². The molecule has 3 heteroatoms. The van der Waals surface area contributed by atoms with Crippen LogP contribution in [0.4, 0.5) is 0 Å². The predicted octanol–water partition coefficient (Wildman–Crippen LogP) is 1.93. The van der Waals surface area contributed by atoms with Crippen LogP contribution < -0.4 is 0 Å². The maximum atomic E-state index is 11.4. The molecule has 0 radical (unpaired) electrons. The number of nitrogens with zero attached hydrogens (tertiary/aromatic N) is 1. The lowest BCUT2D eigenvalue weighted by atomic mass is 10.2. The molecule has 0 spiro atoms. The zero-order chi connectivity index (χ0) is 10.7. The van der Waals surface area contributed by atoms with Crippen molar-refractivity contribution in [2.75, 3.05) is 0 Å². The lowest BCUT2D eigenvalue weighted by molar-refractivity contribution is -0.134. The van der Waals surface area contributed by atoms with Crippen molar-refractivity contribution in [3.05, 3.63) is 48.6 Å². The minimum atomic E-state index is -0.419. The molecular weight excluding hydrogens is 190 g/mol. The average molecular weight is 201 g/mol. The van der Waals surface area contributed by atoms with Gasteiger partial charge in [0.15, 0.2) is 6.04 Å². The van der Waals surface area contributed by atoms with Crippen LogP contribution in [-0.2, 0) is 9.53 Å². The standard InChI is InChI=1S/C12H11NO2/c1-2-6-10-12(14)15-11(13-10)9-7-4-3-5-8-9/h2-5,7-8,10H,1,6H2/t10-/m1/s1. The molecule has 76 valence electrons. The second-order valence-electron chi connectivity index (χ2n) is 3.26. The second-order valence-corrected chi connectivity index (χ2v) is 3.26. The number of carbonyl (C=O) groups is 1. The van der Waals surface area contributed by atoms with Gasteiger partial charge in [-0.25, -0.2) is 9.79 Å². The summed E-state index contributed by atoms with van der Waals surface area (Å²) in [5.74, 6) is 0.112. The second kappa shape index (κ2) is 4.09. The molecular formula is C12H11NO2. The van der Waals surface area contributed by atoms with Crippen LogP contribution in [0.1, 0.15) is 12.0 Å². The number of ether oxygens (including phenoxy) is 1. The SMILES string of the molecule is C=CC[C@H]1N=C(c2ccccc2)OC1=O. The molecule has 0 fully saturated rings. The molecule has 0 unspecified atom stereocenters. The first-order valence-electron chi connectivity index (χ1n) is 4.77. The Bertz CT molecular complexity index is 409. The van der Waals surface area contributed by atoms with Crippen LogP contribution in [0, 0.1) is 0 Å². The molecule has 0 aliphatic carbocycles. The van der Waals surface area contributed by atoms with E-state index in [9.17, 15) is 4.79 Å². The van der Waals surface area contributed by atoms with Gasteiger partial charge in [0, 0.05) is 5.56 Å². The first-order valence-corrected chi connectivity index (χ1v) is 4.77. The van der Waals surface area contributed by atoms with Gasteiger partial charge in [-0.2, -0.15) is 0 Å². The van der Waals surface area contributed by atoms with E-state index in [2.05, 4.69) is 11.6 Å². The normalized spacial score (nSPS) is 19.6. The van der Waals surface area contributed by atoms with Crippen LogP contribution in [0.2, 0.25) is 0 Å². The van der Waals surface area contributed by atoms with Crippen LogP contribution in [0.25, 0.3) is 0 Å². The molecule has 1 atom stereocenters. The first-order chi connectivity index (χ1) is 7.31. The minimum Gasteiger partial charge on any atom is -0.406 e. The summed E-state index contributed by atoms with van der Waals surface area (Å²) in [6.45, 7) is 3.58. The van der Waals surface area contributed by atoms with Crippen molar-refractivity contribution in [1.29, 1.82) is 0 Å². The van der Waals surface area contributed by atoms with E-state index in [1.807, 2.05) is 30.3 Å². The molecule has 1 aromatic carbocycles. The van der Waals surface area contributed by atoms with Gasteiger partial charge in [0.05, 0.1) is 0 Å². The largest absolute Gasteiger partial charge is 0.406 e. The van der Waals surface area contributed by atoms with E-state index in [0.717, 1.165) is 5.56 Å². The molecule has 1 aliphatic heterocycles. The lowest BCUT2D eigenvalue weighted by Crippen LogP contribution is -2.13. The van der Waals surface area contributed by atoms with Crippen molar-refractivity contribution in [2.45, 2.75) is 12.5 Å². The minimum absolute atomic E-state index is 0.297. The van der Waals surface area contributed by atoms with Crippen LogP contribution in [0.3, 0.4) is 0 Å². The molecule has 15 heavy (non-hydrogen) atoms. The molecule has 0 bridgehead atoms.